The summed E-state index contributed by atoms with van der Waals surface area (Å²) in [5.74, 6) is -0.325. The molecule has 4 aromatic carbocycles. The van der Waals surface area contributed by atoms with Crippen LogP contribution in [0.4, 0.5) is 5.69 Å². The van der Waals surface area contributed by atoms with E-state index in [0.717, 1.165) is 16.7 Å². The summed E-state index contributed by atoms with van der Waals surface area (Å²) in [6, 6.07) is 33.0. The smallest absolute Gasteiger partial charge is 0.264 e. The fourth-order valence-corrected chi connectivity index (χ4v) is 5.77. The largest absolute Gasteiger partial charge is 0.347 e. The number of aryl methyl sites for hydroxylation is 1. The van der Waals surface area contributed by atoms with Gasteiger partial charge in [-0.3, -0.25) is 9.10 Å². The number of hydrogen-bond acceptors (Lipinski definition) is 3. The van der Waals surface area contributed by atoms with Gasteiger partial charge in [0.25, 0.3) is 15.9 Å². The normalized spacial score (nSPS) is 11.6. The summed E-state index contributed by atoms with van der Waals surface area (Å²) in [7, 11) is -3.96. The van der Waals surface area contributed by atoms with Crippen molar-refractivity contribution in [3.05, 3.63) is 131 Å². The number of anilines is 1. The van der Waals surface area contributed by atoms with Gasteiger partial charge in [0.05, 0.1) is 22.7 Å². The van der Waals surface area contributed by atoms with Crippen molar-refractivity contribution in [3.8, 4) is 0 Å². The highest BCUT2D eigenvalue weighted by molar-refractivity contribution is 7.92. The molecule has 6 heteroatoms. The Morgan fingerprint density at radius 2 is 1.30 bits per heavy atom. The average Bonchev–Trinajstić information content (AvgIpc) is 2.88. The number of carbonyl (C=O) groups excluding carboxylic acids is 1. The van der Waals surface area contributed by atoms with E-state index in [1.165, 1.54) is 4.31 Å². The maximum absolute atomic E-state index is 13.9. The van der Waals surface area contributed by atoms with Crippen LogP contribution < -0.4 is 9.62 Å². The summed E-state index contributed by atoms with van der Waals surface area (Å²) < 4.78 is 29.2. The molecule has 4 rings (SSSR count). The zero-order valence-electron chi connectivity index (χ0n) is 21.4. The van der Waals surface area contributed by atoms with Crippen molar-refractivity contribution >= 4 is 21.6 Å². The van der Waals surface area contributed by atoms with Gasteiger partial charge < -0.3 is 5.32 Å². The minimum Gasteiger partial charge on any atom is -0.347 e. The third-order valence-corrected chi connectivity index (χ3v) is 7.91. The molecule has 1 amide bonds. The summed E-state index contributed by atoms with van der Waals surface area (Å²) in [6.45, 7) is 5.93. The number of rotatable bonds is 9. The zero-order chi connectivity index (χ0) is 26.5. The lowest BCUT2D eigenvalue weighted by Crippen LogP contribution is -2.45. The van der Waals surface area contributed by atoms with Crippen molar-refractivity contribution in [3.63, 3.8) is 0 Å². The number of hydrogen-bond donors (Lipinski definition) is 1. The second kappa shape index (κ2) is 11.0. The first-order chi connectivity index (χ1) is 17.7. The maximum atomic E-state index is 13.9. The molecule has 0 saturated heterocycles. The fourth-order valence-electron chi connectivity index (χ4n) is 4.29. The highest BCUT2D eigenvalue weighted by atomic mass is 32.2. The number of para-hydroxylation sites is 1. The standard InChI is InChI=1S/C31H32N2O3S/c1-24-18-20-27(21-19-24)37(35,36)33(23-26-14-8-5-9-15-26)29-17-11-10-16-28(29)30(34)32-31(2,3)22-25-12-6-4-7-13-25/h4-21H,22-23H2,1-3H3,(H,32,34). The van der Waals surface area contributed by atoms with E-state index in [4.69, 9.17) is 0 Å². The van der Waals surface area contributed by atoms with Crippen LogP contribution in [-0.4, -0.2) is 19.9 Å². The number of benzene rings is 4. The molecule has 0 bridgehead atoms. The van der Waals surface area contributed by atoms with Crippen LogP contribution in [0.15, 0.2) is 114 Å². The van der Waals surface area contributed by atoms with E-state index in [0.29, 0.717) is 17.7 Å². The predicted molar refractivity (Wildman–Crippen MR) is 149 cm³/mol. The van der Waals surface area contributed by atoms with Gasteiger partial charge in [-0.25, -0.2) is 8.42 Å². The Morgan fingerprint density at radius 1 is 0.757 bits per heavy atom. The fraction of sp³-hybridized carbons (Fsp3) is 0.194. The van der Waals surface area contributed by atoms with Crippen LogP contribution in [0.25, 0.3) is 0 Å². The molecule has 0 aliphatic rings. The highest BCUT2D eigenvalue weighted by Crippen LogP contribution is 2.30. The molecule has 0 spiro atoms. The Balaban J connectivity index is 1.72. The van der Waals surface area contributed by atoms with Crippen molar-refractivity contribution in [2.45, 2.75) is 44.2 Å². The van der Waals surface area contributed by atoms with E-state index < -0.39 is 15.6 Å². The Bertz CT molecular complexity index is 1450. The third-order valence-electron chi connectivity index (χ3n) is 6.14. The van der Waals surface area contributed by atoms with Gasteiger partial charge in [-0.05, 0) is 62.6 Å². The predicted octanol–water partition coefficient (Wildman–Crippen LogP) is 6.14. The topological polar surface area (TPSA) is 66.5 Å². The SMILES string of the molecule is Cc1ccc(S(=O)(=O)N(Cc2ccccc2)c2ccccc2C(=O)NC(C)(C)Cc2ccccc2)cc1. The lowest BCUT2D eigenvalue weighted by molar-refractivity contribution is 0.0913. The van der Waals surface area contributed by atoms with E-state index in [9.17, 15) is 13.2 Å². The Morgan fingerprint density at radius 3 is 1.92 bits per heavy atom. The third kappa shape index (κ3) is 6.46. The Hall–Kier alpha value is -3.90. The van der Waals surface area contributed by atoms with E-state index in [1.807, 2.05) is 81.4 Å². The molecule has 0 unspecified atom stereocenters. The molecular formula is C31H32N2O3S. The van der Waals surface area contributed by atoms with Crippen LogP contribution >= 0.6 is 0 Å². The van der Waals surface area contributed by atoms with Crippen LogP contribution in [0.1, 0.15) is 40.9 Å². The van der Waals surface area contributed by atoms with Gasteiger partial charge in [0.1, 0.15) is 0 Å². The van der Waals surface area contributed by atoms with E-state index >= 15 is 0 Å². The van der Waals surface area contributed by atoms with Crippen molar-refractivity contribution in [1.29, 1.82) is 0 Å². The first-order valence-electron chi connectivity index (χ1n) is 12.2. The van der Waals surface area contributed by atoms with Gasteiger partial charge in [0.2, 0.25) is 0 Å². The molecule has 0 saturated carbocycles. The number of amides is 1. The molecule has 4 aromatic rings. The quantitative estimate of drug-likeness (QED) is 0.293. The van der Waals surface area contributed by atoms with Crippen LogP contribution in [0.5, 0.6) is 0 Å². The molecule has 1 N–H and O–H groups in total. The summed E-state index contributed by atoms with van der Waals surface area (Å²) in [5.41, 5.74) is 2.97. The second-order valence-electron chi connectivity index (χ2n) is 9.83. The number of nitrogens with zero attached hydrogens (tertiary/aromatic N) is 1. The lowest BCUT2D eigenvalue weighted by atomic mass is 9.94. The summed E-state index contributed by atoms with van der Waals surface area (Å²) in [6.07, 6.45) is 0.636. The summed E-state index contributed by atoms with van der Waals surface area (Å²) in [4.78, 5) is 13.8. The van der Waals surface area contributed by atoms with Gasteiger partial charge in [-0.15, -0.1) is 0 Å². The summed E-state index contributed by atoms with van der Waals surface area (Å²) >= 11 is 0. The Kier molecular flexibility index (Phi) is 7.79. The molecule has 37 heavy (non-hydrogen) atoms. The van der Waals surface area contributed by atoms with Crippen LogP contribution in [-0.2, 0) is 23.0 Å². The lowest BCUT2D eigenvalue weighted by Gasteiger charge is -2.29. The van der Waals surface area contributed by atoms with Crippen LogP contribution in [0.2, 0.25) is 0 Å². The minimum absolute atomic E-state index is 0.0920. The zero-order valence-corrected chi connectivity index (χ0v) is 22.2. The molecule has 0 aliphatic carbocycles. The molecule has 5 nitrogen and oxygen atoms in total. The van der Waals surface area contributed by atoms with Crippen molar-refractivity contribution in [1.82, 2.24) is 5.32 Å². The highest BCUT2D eigenvalue weighted by Gasteiger charge is 2.30. The molecule has 0 radical (unpaired) electrons. The van der Waals surface area contributed by atoms with Crippen molar-refractivity contribution in [2.75, 3.05) is 4.31 Å². The van der Waals surface area contributed by atoms with E-state index in [1.54, 1.807) is 48.5 Å². The van der Waals surface area contributed by atoms with Gasteiger partial charge in [-0.2, -0.15) is 0 Å². The summed E-state index contributed by atoms with van der Waals surface area (Å²) in [5, 5.41) is 3.12. The number of carbonyl (C=O) groups is 1. The number of nitrogens with one attached hydrogen (secondary N) is 1. The molecule has 0 atom stereocenters. The monoisotopic (exact) mass is 512 g/mol. The molecule has 190 valence electrons. The van der Waals surface area contributed by atoms with Gasteiger partial charge in [-0.1, -0.05) is 90.5 Å². The molecule has 0 aromatic heterocycles. The van der Waals surface area contributed by atoms with Crippen LogP contribution in [0.3, 0.4) is 0 Å². The molecule has 0 fully saturated rings. The second-order valence-corrected chi connectivity index (χ2v) is 11.7. The molecular weight excluding hydrogens is 480 g/mol. The van der Waals surface area contributed by atoms with E-state index in [-0.39, 0.29) is 17.3 Å². The Labute approximate surface area is 219 Å². The number of sulfonamides is 1. The van der Waals surface area contributed by atoms with Crippen molar-refractivity contribution < 1.29 is 13.2 Å². The molecule has 0 heterocycles. The van der Waals surface area contributed by atoms with E-state index in [2.05, 4.69) is 5.32 Å². The first-order valence-corrected chi connectivity index (χ1v) is 13.7. The minimum atomic E-state index is -3.96. The van der Waals surface area contributed by atoms with Gasteiger partial charge >= 0.3 is 0 Å². The van der Waals surface area contributed by atoms with Gasteiger partial charge in [0.15, 0.2) is 0 Å². The van der Waals surface area contributed by atoms with Crippen molar-refractivity contribution in [2.24, 2.45) is 0 Å². The molecule has 0 aliphatic heterocycles. The van der Waals surface area contributed by atoms with Crippen LogP contribution in [0, 0.1) is 6.92 Å². The average molecular weight is 513 g/mol. The maximum Gasteiger partial charge on any atom is 0.264 e. The first kappa shape index (κ1) is 26.2. The van der Waals surface area contributed by atoms with Gasteiger partial charge in [0, 0.05) is 5.54 Å².